The minimum Gasteiger partial charge on any atom is -0.497 e. The molecule has 1 aromatic heterocycles. The lowest BCUT2D eigenvalue weighted by atomic mass is 9.88. The van der Waals surface area contributed by atoms with E-state index in [4.69, 9.17) is 38.6 Å². The van der Waals surface area contributed by atoms with E-state index >= 15 is 0 Å². The number of aromatic nitrogens is 1. The maximum Gasteiger partial charge on any atom is 0.254 e. The Morgan fingerprint density at radius 1 is 1.06 bits per heavy atom. The monoisotopic (exact) mass is 694 g/mol. The summed E-state index contributed by atoms with van der Waals surface area (Å²) in [6.07, 6.45) is 1.60. The third kappa shape index (κ3) is 7.16. The number of carbonyl (C=O) groups is 2. The lowest BCUT2D eigenvalue weighted by Gasteiger charge is -2.39. The van der Waals surface area contributed by atoms with E-state index in [0.717, 1.165) is 22.4 Å². The highest BCUT2D eigenvalue weighted by Crippen LogP contribution is 2.30. The number of carbonyl (C=O) groups excluding carboxylic acids is 2. The second kappa shape index (κ2) is 14.5. The topological polar surface area (TPSA) is 240 Å². The molecule has 0 bridgehead atoms. The largest absolute Gasteiger partial charge is 0.497 e. The normalized spacial score (nSPS) is 22.5. The molecule has 19 heteroatoms. The molecule has 3 atom stereocenters. The Balaban J connectivity index is 1.05. The number of hydrogen-bond acceptors (Lipinski definition) is 13. The highest BCUT2D eigenvalue weighted by Gasteiger charge is 2.46. The quantitative estimate of drug-likeness (QED) is 0.0677. The molecule has 10 N–H and O–H groups in total. The number of likely N-dealkylation sites (tertiary alicyclic amines) is 1. The molecule has 3 unspecified atom stereocenters. The number of benzene rings is 2. The number of methoxy groups -OCH3 is 1. The standard InChI is InChI=1S/C30H39ClN14O4/c1-48-18-5-7-19(8-6-18)49-16-15-43-12-9-20-21(3-2-4-22(20)43)28(47)44-13-10-30(11-14-44)17-45(34)29(38-30)37-27(46)23-25(39-41-32)36-26(40-42-33)24(31)35-23/h2-9,12,23,25,29,35-36,38H,10-11,13-17,34H2,1H3,(H2,32,39)(H2,33,40)(H,37,46). The van der Waals surface area contributed by atoms with Gasteiger partial charge in [-0.15, -0.1) is 10.2 Å². The van der Waals surface area contributed by atoms with E-state index in [1.54, 1.807) is 7.11 Å². The molecule has 2 amide bonds. The Kier molecular flexibility index (Phi) is 10.00. The number of ether oxygens (including phenoxy) is 2. The number of hydrogen-bond donors (Lipinski definition) is 7. The van der Waals surface area contributed by atoms with E-state index in [2.05, 4.69) is 46.5 Å². The minimum atomic E-state index is -0.999. The summed E-state index contributed by atoms with van der Waals surface area (Å²) in [4.78, 5) is 29.0. The van der Waals surface area contributed by atoms with E-state index in [0.29, 0.717) is 51.2 Å². The molecule has 4 heterocycles. The van der Waals surface area contributed by atoms with Crippen LogP contribution in [0.1, 0.15) is 23.2 Å². The van der Waals surface area contributed by atoms with Crippen LogP contribution in [-0.4, -0.2) is 83.7 Å². The Labute approximate surface area is 286 Å². The predicted molar refractivity (Wildman–Crippen MR) is 179 cm³/mol. The lowest BCUT2D eigenvalue weighted by Crippen LogP contribution is -2.63. The van der Waals surface area contributed by atoms with E-state index in [9.17, 15) is 9.59 Å². The van der Waals surface area contributed by atoms with E-state index < -0.39 is 29.9 Å². The fourth-order valence-corrected chi connectivity index (χ4v) is 6.64. The summed E-state index contributed by atoms with van der Waals surface area (Å²) in [5, 5.41) is 28.4. The van der Waals surface area contributed by atoms with Crippen LogP contribution in [0.4, 0.5) is 0 Å². The van der Waals surface area contributed by atoms with Gasteiger partial charge >= 0.3 is 0 Å². The van der Waals surface area contributed by atoms with Gasteiger partial charge < -0.3 is 46.6 Å². The second-order valence-electron chi connectivity index (χ2n) is 11.9. The summed E-state index contributed by atoms with van der Waals surface area (Å²) in [6.45, 7) is 2.57. The van der Waals surface area contributed by atoms with Crippen LogP contribution < -0.4 is 48.3 Å². The van der Waals surface area contributed by atoms with Gasteiger partial charge in [0.1, 0.15) is 35.6 Å². The number of amides is 2. The molecule has 0 aliphatic carbocycles. The van der Waals surface area contributed by atoms with Gasteiger partial charge in [0.2, 0.25) is 5.91 Å². The number of fused-ring (bicyclic) bond motifs is 1. The molecule has 6 rings (SSSR count). The average Bonchev–Trinajstić information content (AvgIpc) is 3.66. The van der Waals surface area contributed by atoms with Crippen LogP contribution in [0.3, 0.4) is 0 Å². The summed E-state index contributed by atoms with van der Waals surface area (Å²) in [5.74, 6) is 17.8. The first kappa shape index (κ1) is 33.7. The van der Waals surface area contributed by atoms with E-state index in [1.807, 2.05) is 59.6 Å². The van der Waals surface area contributed by atoms with Crippen molar-refractivity contribution in [2.24, 2.45) is 38.2 Å². The number of nitrogens with two attached hydrogens (primary N) is 3. The molecule has 0 saturated carbocycles. The molecule has 0 radical (unpaired) electrons. The van der Waals surface area contributed by atoms with Crippen molar-refractivity contribution in [3.63, 3.8) is 0 Å². The molecule has 3 aliphatic rings. The minimum absolute atomic E-state index is 0.0151. The van der Waals surface area contributed by atoms with Gasteiger partial charge in [-0.1, -0.05) is 28.1 Å². The van der Waals surface area contributed by atoms with Crippen molar-refractivity contribution in [2.45, 2.75) is 43.4 Å². The van der Waals surface area contributed by atoms with E-state index in [-0.39, 0.29) is 16.9 Å². The molecular weight excluding hydrogens is 656 g/mol. The SMILES string of the molecule is COc1ccc(OCCn2ccc3c(C(=O)N4CCC5(CC4)CN(N)C(NC(=O)C4NC(Cl)=C(N=NN)NC4N=NN)N5)cccc32)cc1. The molecule has 18 nitrogen and oxygen atoms in total. The molecule has 2 fully saturated rings. The number of hydrazine groups is 1. The first-order valence-electron chi connectivity index (χ1n) is 15.6. The van der Waals surface area contributed by atoms with Crippen molar-refractivity contribution in [3.05, 3.63) is 71.3 Å². The van der Waals surface area contributed by atoms with Crippen LogP contribution >= 0.6 is 11.6 Å². The Morgan fingerprint density at radius 2 is 1.82 bits per heavy atom. The van der Waals surface area contributed by atoms with Gasteiger partial charge in [-0.3, -0.25) is 20.7 Å². The van der Waals surface area contributed by atoms with Crippen molar-refractivity contribution in [1.29, 1.82) is 0 Å². The van der Waals surface area contributed by atoms with Crippen LogP contribution in [0.2, 0.25) is 0 Å². The third-order valence-electron chi connectivity index (χ3n) is 8.97. The molecular formula is C30H39ClN14O4. The average molecular weight is 695 g/mol. The van der Waals surface area contributed by atoms with Crippen molar-refractivity contribution in [3.8, 4) is 11.5 Å². The first-order chi connectivity index (χ1) is 23.7. The van der Waals surface area contributed by atoms with Gasteiger partial charge in [0.05, 0.1) is 13.7 Å². The smallest absolute Gasteiger partial charge is 0.254 e. The molecule has 3 aromatic rings. The second-order valence-corrected chi connectivity index (χ2v) is 12.3. The fraction of sp³-hybridized carbons (Fsp3) is 0.400. The Morgan fingerprint density at radius 3 is 2.53 bits per heavy atom. The Bertz CT molecular complexity index is 1750. The number of nitrogens with one attached hydrogen (secondary N) is 4. The van der Waals surface area contributed by atoms with Crippen molar-refractivity contribution < 1.29 is 19.1 Å². The van der Waals surface area contributed by atoms with Gasteiger partial charge in [0, 0.05) is 47.8 Å². The van der Waals surface area contributed by atoms with Crippen molar-refractivity contribution in [2.75, 3.05) is 33.4 Å². The number of rotatable bonds is 10. The summed E-state index contributed by atoms with van der Waals surface area (Å²) in [5.41, 5.74) is 1.20. The Hall–Kier alpha value is -5.17. The number of piperidine rings is 1. The molecule has 2 aromatic carbocycles. The van der Waals surface area contributed by atoms with Crippen LogP contribution in [-0.2, 0) is 11.3 Å². The zero-order valence-electron chi connectivity index (χ0n) is 26.8. The molecule has 260 valence electrons. The first-order valence-corrected chi connectivity index (χ1v) is 16.0. The predicted octanol–water partition coefficient (Wildman–Crippen LogP) is 0.787. The fourth-order valence-electron chi connectivity index (χ4n) is 6.43. The van der Waals surface area contributed by atoms with Crippen LogP contribution in [0.15, 0.2) is 86.4 Å². The maximum absolute atomic E-state index is 13.8. The molecule has 3 aliphatic heterocycles. The number of nitrogens with zero attached hydrogens (tertiary/aromatic N) is 7. The van der Waals surface area contributed by atoms with E-state index in [1.165, 1.54) is 5.01 Å². The van der Waals surface area contributed by atoms with Gasteiger partial charge in [-0.25, -0.2) is 5.01 Å². The van der Waals surface area contributed by atoms with Crippen LogP contribution in [0, 0.1) is 0 Å². The van der Waals surface area contributed by atoms with Gasteiger partial charge in [-0.05, 0) is 55.3 Å². The van der Waals surface area contributed by atoms with Crippen molar-refractivity contribution in [1.82, 2.24) is 35.7 Å². The number of halogens is 1. The molecule has 1 spiro atoms. The van der Waals surface area contributed by atoms with Crippen LogP contribution in [0.25, 0.3) is 10.9 Å². The highest BCUT2D eigenvalue weighted by atomic mass is 35.5. The lowest BCUT2D eigenvalue weighted by molar-refractivity contribution is -0.125. The highest BCUT2D eigenvalue weighted by molar-refractivity contribution is 6.29. The summed E-state index contributed by atoms with van der Waals surface area (Å²) in [6, 6.07) is 14.2. The van der Waals surface area contributed by atoms with Gasteiger partial charge in [0.15, 0.2) is 12.0 Å². The summed E-state index contributed by atoms with van der Waals surface area (Å²) >= 11 is 6.21. The van der Waals surface area contributed by atoms with Gasteiger partial charge in [-0.2, -0.15) is 0 Å². The van der Waals surface area contributed by atoms with Crippen LogP contribution in [0.5, 0.6) is 11.5 Å². The third-order valence-corrected chi connectivity index (χ3v) is 9.26. The molecule has 49 heavy (non-hydrogen) atoms. The zero-order chi connectivity index (χ0) is 34.5. The summed E-state index contributed by atoms with van der Waals surface area (Å²) < 4.78 is 13.2. The maximum atomic E-state index is 13.8. The van der Waals surface area contributed by atoms with Crippen molar-refractivity contribution >= 4 is 34.3 Å². The van der Waals surface area contributed by atoms with Gasteiger partial charge in [0.25, 0.3) is 5.91 Å². The zero-order valence-corrected chi connectivity index (χ0v) is 27.5. The summed E-state index contributed by atoms with van der Waals surface area (Å²) in [7, 11) is 1.63. The molecule has 2 saturated heterocycles.